The molecule has 0 radical (unpaired) electrons. The summed E-state index contributed by atoms with van der Waals surface area (Å²) in [6.07, 6.45) is 2.12. The number of aromatic nitrogens is 2. The second-order valence-corrected chi connectivity index (χ2v) is 4.60. The van der Waals surface area contributed by atoms with Gasteiger partial charge in [-0.3, -0.25) is 0 Å². The predicted octanol–water partition coefficient (Wildman–Crippen LogP) is 3.03. The van der Waals surface area contributed by atoms with Crippen molar-refractivity contribution < 1.29 is 4.74 Å². The second kappa shape index (κ2) is 7.09. The van der Waals surface area contributed by atoms with Crippen LogP contribution < -0.4 is 10.1 Å². The fourth-order valence-electron chi connectivity index (χ4n) is 1.36. The number of rotatable bonds is 7. The van der Waals surface area contributed by atoms with Crippen LogP contribution in [0.1, 0.15) is 39.4 Å². The molecule has 17 heavy (non-hydrogen) atoms. The number of hydrogen-bond acceptors (Lipinski definition) is 4. The van der Waals surface area contributed by atoms with Gasteiger partial charge < -0.3 is 10.1 Å². The summed E-state index contributed by atoms with van der Waals surface area (Å²) in [5.74, 6) is 2.90. The van der Waals surface area contributed by atoms with E-state index in [-0.39, 0.29) is 0 Å². The van der Waals surface area contributed by atoms with Crippen LogP contribution in [0.25, 0.3) is 0 Å². The normalized spacial score (nSPS) is 10.6. The Balaban J connectivity index is 2.55. The minimum Gasteiger partial charge on any atom is -0.478 e. The Labute approximate surface area is 104 Å². The van der Waals surface area contributed by atoms with Gasteiger partial charge in [-0.15, -0.1) is 0 Å². The highest BCUT2D eigenvalue weighted by Gasteiger charge is 2.03. The molecule has 0 aliphatic heterocycles. The first-order valence-electron chi connectivity index (χ1n) is 6.34. The molecular weight excluding hydrogens is 214 g/mol. The minimum absolute atomic E-state index is 0.649. The van der Waals surface area contributed by atoms with Gasteiger partial charge in [0.05, 0.1) is 6.61 Å². The number of hydrogen-bond donors (Lipinski definition) is 1. The molecule has 0 unspecified atom stereocenters. The van der Waals surface area contributed by atoms with Gasteiger partial charge in [-0.05, 0) is 25.7 Å². The summed E-state index contributed by atoms with van der Waals surface area (Å²) in [7, 11) is 0. The Morgan fingerprint density at radius 1 is 1.35 bits per heavy atom. The lowest BCUT2D eigenvalue weighted by atomic mass is 10.1. The van der Waals surface area contributed by atoms with E-state index in [0.29, 0.717) is 18.4 Å². The Kier molecular flexibility index (Phi) is 5.73. The van der Waals surface area contributed by atoms with Crippen molar-refractivity contribution in [2.24, 2.45) is 5.92 Å². The van der Waals surface area contributed by atoms with E-state index in [2.05, 4.69) is 36.1 Å². The van der Waals surface area contributed by atoms with Gasteiger partial charge in [0.15, 0.2) is 0 Å². The SMILES string of the molecule is CCCNc1cc(OCCC(C)C)nc(C)n1. The van der Waals surface area contributed by atoms with Crippen molar-refractivity contribution in [2.45, 2.75) is 40.5 Å². The molecule has 0 aliphatic rings. The van der Waals surface area contributed by atoms with Crippen LogP contribution in [0.4, 0.5) is 5.82 Å². The van der Waals surface area contributed by atoms with Gasteiger partial charge >= 0.3 is 0 Å². The zero-order chi connectivity index (χ0) is 12.7. The first-order chi connectivity index (χ1) is 8.11. The van der Waals surface area contributed by atoms with Crippen molar-refractivity contribution in [1.29, 1.82) is 0 Å². The van der Waals surface area contributed by atoms with E-state index < -0.39 is 0 Å². The van der Waals surface area contributed by atoms with E-state index in [1.54, 1.807) is 0 Å². The van der Waals surface area contributed by atoms with Gasteiger partial charge in [0.25, 0.3) is 0 Å². The average Bonchev–Trinajstić information content (AvgIpc) is 2.25. The molecule has 0 saturated carbocycles. The smallest absolute Gasteiger partial charge is 0.218 e. The topological polar surface area (TPSA) is 47.0 Å². The third-order valence-corrected chi connectivity index (χ3v) is 2.32. The van der Waals surface area contributed by atoms with Crippen molar-refractivity contribution in [1.82, 2.24) is 9.97 Å². The molecule has 4 heteroatoms. The van der Waals surface area contributed by atoms with Gasteiger partial charge in [0.1, 0.15) is 11.6 Å². The van der Waals surface area contributed by atoms with Crippen LogP contribution in [0.2, 0.25) is 0 Å². The molecule has 4 nitrogen and oxygen atoms in total. The Bertz CT molecular complexity index is 339. The number of ether oxygens (including phenoxy) is 1. The quantitative estimate of drug-likeness (QED) is 0.792. The second-order valence-electron chi connectivity index (χ2n) is 4.60. The highest BCUT2D eigenvalue weighted by atomic mass is 16.5. The summed E-state index contributed by atoms with van der Waals surface area (Å²) in [5, 5.41) is 3.24. The maximum atomic E-state index is 5.63. The lowest BCUT2D eigenvalue weighted by Gasteiger charge is -2.10. The predicted molar refractivity (Wildman–Crippen MR) is 70.5 cm³/mol. The van der Waals surface area contributed by atoms with Gasteiger partial charge in [0.2, 0.25) is 5.88 Å². The van der Waals surface area contributed by atoms with E-state index in [1.807, 2.05) is 13.0 Å². The molecule has 1 aromatic heterocycles. The summed E-state index contributed by atoms with van der Waals surface area (Å²) in [4.78, 5) is 8.58. The zero-order valence-electron chi connectivity index (χ0n) is 11.3. The fraction of sp³-hybridized carbons (Fsp3) is 0.692. The molecule has 96 valence electrons. The van der Waals surface area contributed by atoms with Crippen molar-refractivity contribution >= 4 is 5.82 Å². The number of aryl methyl sites for hydroxylation is 1. The number of anilines is 1. The van der Waals surface area contributed by atoms with Crippen LogP contribution in [0, 0.1) is 12.8 Å². The Morgan fingerprint density at radius 3 is 2.76 bits per heavy atom. The largest absolute Gasteiger partial charge is 0.478 e. The highest BCUT2D eigenvalue weighted by molar-refractivity contribution is 5.38. The van der Waals surface area contributed by atoms with Crippen molar-refractivity contribution in [3.63, 3.8) is 0 Å². The Hall–Kier alpha value is -1.32. The maximum absolute atomic E-state index is 5.63. The van der Waals surface area contributed by atoms with Crippen LogP contribution in [0.3, 0.4) is 0 Å². The summed E-state index contributed by atoms with van der Waals surface area (Å²) in [6, 6.07) is 1.86. The molecule has 1 rings (SSSR count). The molecule has 0 atom stereocenters. The van der Waals surface area contributed by atoms with E-state index in [4.69, 9.17) is 4.74 Å². The lowest BCUT2D eigenvalue weighted by Crippen LogP contribution is -2.07. The molecule has 0 bridgehead atoms. The first-order valence-corrected chi connectivity index (χ1v) is 6.34. The van der Waals surface area contributed by atoms with Crippen molar-refractivity contribution in [2.75, 3.05) is 18.5 Å². The lowest BCUT2D eigenvalue weighted by molar-refractivity contribution is 0.278. The van der Waals surface area contributed by atoms with Crippen LogP contribution in [-0.2, 0) is 0 Å². The van der Waals surface area contributed by atoms with E-state index in [9.17, 15) is 0 Å². The van der Waals surface area contributed by atoms with Crippen LogP contribution in [0.15, 0.2) is 6.07 Å². The van der Waals surface area contributed by atoms with Crippen molar-refractivity contribution in [3.05, 3.63) is 11.9 Å². The molecule has 1 aromatic rings. The average molecular weight is 237 g/mol. The standard InChI is InChI=1S/C13H23N3O/c1-5-7-14-12-9-13(16-11(4)15-12)17-8-6-10(2)3/h9-10H,5-8H2,1-4H3,(H,14,15,16). The third-order valence-electron chi connectivity index (χ3n) is 2.32. The molecular formula is C13H23N3O. The molecule has 0 aromatic carbocycles. The van der Waals surface area contributed by atoms with E-state index in [1.165, 1.54) is 0 Å². The number of nitrogens with one attached hydrogen (secondary N) is 1. The fourth-order valence-corrected chi connectivity index (χ4v) is 1.36. The van der Waals surface area contributed by atoms with E-state index in [0.717, 1.165) is 31.0 Å². The molecule has 0 amide bonds. The summed E-state index contributed by atoms with van der Waals surface area (Å²) in [5.41, 5.74) is 0. The monoisotopic (exact) mass is 237 g/mol. The van der Waals surface area contributed by atoms with Gasteiger partial charge in [-0.2, -0.15) is 4.98 Å². The molecule has 1 heterocycles. The number of nitrogens with zero attached hydrogens (tertiary/aromatic N) is 2. The molecule has 1 N–H and O–H groups in total. The summed E-state index contributed by atoms with van der Waals surface area (Å²) >= 11 is 0. The van der Waals surface area contributed by atoms with Gasteiger partial charge in [0, 0.05) is 12.6 Å². The summed E-state index contributed by atoms with van der Waals surface area (Å²) < 4.78 is 5.63. The molecule has 0 aliphatic carbocycles. The Morgan fingerprint density at radius 2 is 2.12 bits per heavy atom. The minimum atomic E-state index is 0.649. The van der Waals surface area contributed by atoms with Crippen molar-refractivity contribution in [3.8, 4) is 5.88 Å². The van der Waals surface area contributed by atoms with Crippen LogP contribution in [0.5, 0.6) is 5.88 Å². The van der Waals surface area contributed by atoms with Crippen LogP contribution >= 0.6 is 0 Å². The maximum Gasteiger partial charge on any atom is 0.218 e. The molecule has 0 saturated heterocycles. The summed E-state index contributed by atoms with van der Waals surface area (Å²) in [6.45, 7) is 10.0. The zero-order valence-corrected chi connectivity index (χ0v) is 11.3. The molecule has 0 spiro atoms. The third kappa shape index (κ3) is 5.52. The van der Waals surface area contributed by atoms with E-state index >= 15 is 0 Å². The first kappa shape index (κ1) is 13.7. The molecule has 0 fully saturated rings. The van der Waals surface area contributed by atoms with Gasteiger partial charge in [-0.1, -0.05) is 20.8 Å². The van der Waals surface area contributed by atoms with Crippen LogP contribution in [-0.4, -0.2) is 23.1 Å². The van der Waals surface area contributed by atoms with Gasteiger partial charge in [-0.25, -0.2) is 4.98 Å². The highest BCUT2D eigenvalue weighted by Crippen LogP contribution is 2.14.